The number of hydrogen-bond donors (Lipinski definition) is 1. The van der Waals surface area contributed by atoms with Crippen molar-refractivity contribution in [3.05, 3.63) is 60.2 Å². The van der Waals surface area contributed by atoms with Gasteiger partial charge in [-0.1, -0.05) is 30.3 Å². The molecule has 1 amide bonds. The van der Waals surface area contributed by atoms with Crippen molar-refractivity contribution < 1.29 is 14.3 Å². The van der Waals surface area contributed by atoms with Gasteiger partial charge in [0.15, 0.2) is 0 Å². The molecule has 0 aromatic heterocycles. The molecule has 164 valence electrons. The van der Waals surface area contributed by atoms with E-state index in [2.05, 4.69) is 40.5 Å². The lowest BCUT2D eigenvalue weighted by Gasteiger charge is -2.39. The first-order chi connectivity index (χ1) is 15.3. The zero-order chi connectivity index (χ0) is 21.0. The number of ether oxygens (including phenoxy) is 2. The molecule has 1 aliphatic carbocycles. The lowest BCUT2D eigenvalue weighted by atomic mass is 10.0. The molecular weight excluding hydrogens is 390 g/mol. The second-order valence-corrected chi connectivity index (χ2v) is 8.86. The number of hydrogen-bond acceptors (Lipinski definition) is 5. The maximum atomic E-state index is 11.8. The number of anilines is 1. The van der Waals surface area contributed by atoms with Gasteiger partial charge in [-0.05, 0) is 48.6 Å². The van der Waals surface area contributed by atoms with Crippen LogP contribution in [-0.4, -0.2) is 63.0 Å². The highest BCUT2D eigenvalue weighted by atomic mass is 16.6. The molecule has 6 nitrogen and oxygen atoms in total. The molecule has 2 aliphatic heterocycles. The third kappa shape index (κ3) is 5.02. The summed E-state index contributed by atoms with van der Waals surface area (Å²) in [6, 6.07) is 19.2. The Hall–Kier alpha value is -2.57. The molecule has 5 rings (SSSR count). The number of carbonyl (C=O) groups is 1. The van der Waals surface area contributed by atoms with Crippen LogP contribution < -0.4 is 15.0 Å². The van der Waals surface area contributed by atoms with Crippen molar-refractivity contribution in [1.29, 1.82) is 0 Å². The van der Waals surface area contributed by atoms with Crippen LogP contribution in [0.4, 0.5) is 10.5 Å². The zero-order valence-corrected chi connectivity index (χ0v) is 17.9. The molecule has 2 atom stereocenters. The van der Waals surface area contributed by atoms with Gasteiger partial charge in [0.2, 0.25) is 0 Å². The predicted octanol–water partition coefficient (Wildman–Crippen LogP) is 3.49. The van der Waals surface area contributed by atoms with E-state index in [0.29, 0.717) is 31.7 Å². The van der Waals surface area contributed by atoms with Crippen LogP contribution >= 0.6 is 0 Å². The summed E-state index contributed by atoms with van der Waals surface area (Å²) < 4.78 is 11.0. The van der Waals surface area contributed by atoms with Gasteiger partial charge in [0, 0.05) is 50.4 Å². The molecule has 0 spiro atoms. The van der Waals surface area contributed by atoms with Gasteiger partial charge in [0.05, 0.1) is 6.61 Å². The van der Waals surface area contributed by atoms with Crippen molar-refractivity contribution in [2.45, 2.75) is 24.8 Å². The van der Waals surface area contributed by atoms with Crippen LogP contribution in [-0.2, 0) is 4.74 Å². The molecule has 6 heteroatoms. The van der Waals surface area contributed by atoms with Gasteiger partial charge in [0.1, 0.15) is 12.4 Å². The number of likely N-dealkylation sites (tertiary alicyclic amines) is 1. The van der Waals surface area contributed by atoms with E-state index in [1.54, 1.807) is 4.90 Å². The lowest BCUT2D eigenvalue weighted by molar-refractivity contribution is 0.0820. The molecule has 0 radical (unpaired) electrons. The third-order valence-electron chi connectivity index (χ3n) is 6.52. The summed E-state index contributed by atoms with van der Waals surface area (Å²) in [7, 11) is 0. The van der Waals surface area contributed by atoms with Gasteiger partial charge >= 0.3 is 6.09 Å². The van der Waals surface area contributed by atoms with Gasteiger partial charge < -0.3 is 14.8 Å². The van der Waals surface area contributed by atoms with Crippen molar-refractivity contribution in [2.24, 2.45) is 5.92 Å². The fourth-order valence-corrected chi connectivity index (χ4v) is 4.60. The van der Waals surface area contributed by atoms with E-state index in [4.69, 9.17) is 9.47 Å². The number of nitrogens with one attached hydrogen (secondary N) is 1. The molecule has 2 aromatic rings. The van der Waals surface area contributed by atoms with Crippen molar-refractivity contribution in [3.8, 4) is 5.75 Å². The Balaban J connectivity index is 0.959. The number of amides is 1. The van der Waals surface area contributed by atoms with E-state index in [1.165, 1.54) is 12.0 Å². The summed E-state index contributed by atoms with van der Waals surface area (Å²) in [4.78, 5) is 15.9. The highest BCUT2D eigenvalue weighted by Crippen LogP contribution is 2.40. The van der Waals surface area contributed by atoms with Crippen LogP contribution in [0.2, 0.25) is 0 Å². The number of benzene rings is 2. The maximum absolute atomic E-state index is 11.8. The largest absolute Gasteiger partial charge is 0.492 e. The Morgan fingerprint density at radius 2 is 1.87 bits per heavy atom. The third-order valence-corrected chi connectivity index (χ3v) is 6.52. The van der Waals surface area contributed by atoms with Crippen LogP contribution in [0.15, 0.2) is 54.6 Å². The fourth-order valence-electron chi connectivity index (χ4n) is 4.60. The van der Waals surface area contributed by atoms with Crippen LogP contribution in [0.1, 0.15) is 24.3 Å². The molecular formula is C25H31N3O3. The van der Waals surface area contributed by atoms with Crippen LogP contribution in [0, 0.1) is 5.92 Å². The van der Waals surface area contributed by atoms with Gasteiger partial charge in [-0.2, -0.15) is 0 Å². The Kier molecular flexibility index (Phi) is 6.09. The minimum Gasteiger partial charge on any atom is -0.492 e. The van der Waals surface area contributed by atoms with E-state index in [1.807, 2.05) is 24.3 Å². The monoisotopic (exact) mass is 421 g/mol. The average molecular weight is 422 g/mol. The number of nitrogens with zero attached hydrogens (tertiary/aromatic N) is 2. The first-order valence-electron chi connectivity index (χ1n) is 11.4. The molecule has 31 heavy (non-hydrogen) atoms. The van der Waals surface area contributed by atoms with E-state index in [-0.39, 0.29) is 6.09 Å². The Labute approximate surface area is 184 Å². The molecule has 2 heterocycles. The first-order valence-corrected chi connectivity index (χ1v) is 11.4. The summed E-state index contributed by atoms with van der Waals surface area (Å²) in [6.07, 6.45) is 1.87. The second-order valence-electron chi connectivity index (χ2n) is 8.86. The van der Waals surface area contributed by atoms with E-state index in [0.717, 1.165) is 50.0 Å². The minimum atomic E-state index is -0.265. The maximum Gasteiger partial charge on any atom is 0.414 e. The van der Waals surface area contributed by atoms with Gasteiger partial charge in [-0.15, -0.1) is 0 Å². The Morgan fingerprint density at radius 3 is 2.65 bits per heavy atom. The fraction of sp³-hybridized carbons (Fsp3) is 0.480. The molecule has 1 saturated carbocycles. The van der Waals surface area contributed by atoms with Crippen molar-refractivity contribution >= 4 is 11.8 Å². The molecule has 1 N–H and O–H groups in total. The minimum absolute atomic E-state index is 0.265. The van der Waals surface area contributed by atoms with Crippen LogP contribution in [0.25, 0.3) is 0 Å². The summed E-state index contributed by atoms with van der Waals surface area (Å²) in [5, 5.41) is 3.75. The average Bonchev–Trinajstić information content (AvgIpc) is 3.56. The zero-order valence-electron chi connectivity index (χ0n) is 17.9. The number of cyclic esters (lactones) is 1. The summed E-state index contributed by atoms with van der Waals surface area (Å²) in [5.41, 5.74) is 2.33. The lowest BCUT2D eigenvalue weighted by Crippen LogP contribution is -2.52. The number of rotatable bonds is 9. The van der Waals surface area contributed by atoms with Crippen molar-refractivity contribution in [1.82, 2.24) is 10.2 Å². The molecule has 2 saturated heterocycles. The Bertz CT molecular complexity index is 867. The standard InChI is InChI=1S/C25H31N3O3/c29-25-28(11-4-13-31-25)21-7-9-22(10-8-21)30-14-12-27-17-19(18-27)16-26-24-15-23(24)20-5-2-1-3-6-20/h1-3,5-10,19,23-24,26H,4,11-18H2/t23?,24-/m1/s1. The van der Waals surface area contributed by atoms with E-state index in [9.17, 15) is 4.79 Å². The topological polar surface area (TPSA) is 54.0 Å². The Morgan fingerprint density at radius 1 is 1.06 bits per heavy atom. The highest BCUT2D eigenvalue weighted by molar-refractivity contribution is 5.88. The van der Waals surface area contributed by atoms with E-state index >= 15 is 0 Å². The SMILES string of the molecule is O=C1OCCCN1c1ccc(OCCN2CC(CN[C@@H]3CC3c3ccccc3)C2)cc1. The van der Waals surface area contributed by atoms with Crippen LogP contribution in [0.5, 0.6) is 5.75 Å². The highest BCUT2D eigenvalue weighted by Gasteiger charge is 2.38. The predicted molar refractivity (Wildman–Crippen MR) is 121 cm³/mol. The van der Waals surface area contributed by atoms with Crippen molar-refractivity contribution in [3.63, 3.8) is 0 Å². The second kappa shape index (κ2) is 9.28. The van der Waals surface area contributed by atoms with Gasteiger partial charge in [0.25, 0.3) is 0 Å². The van der Waals surface area contributed by atoms with Crippen molar-refractivity contribution in [2.75, 3.05) is 50.8 Å². The molecule has 1 unspecified atom stereocenters. The summed E-state index contributed by atoms with van der Waals surface area (Å²) in [5.74, 6) is 2.30. The smallest absolute Gasteiger partial charge is 0.414 e. The molecule has 3 fully saturated rings. The summed E-state index contributed by atoms with van der Waals surface area (Å²) in [6.45, 7) is 6.27. The molecule has 2 aromatic carbocycles. The summed E-state index contributed by atoms with van der Waals surface area (Å²) >= 11 is 0. The first kappa shape index (κ1) is 20.3. The molecule has 3 aliphatic rings. The quantitative estimate of drug-likeness (QED) is 0.672. The molecule has 0 bridgehead atoms. The number of carbonyl (C=O) groups excluding carboxylic acids is 1. The van der Waals surface area contributed by atoms with E-state index < -0.39 is 0 Å². The normalized spacial score (nSPS) is 23.9. The van der Waals surface area contributed by atoms with Gasteiger partial charge in [-0.25, -0.2) is 4.79 Å². The van der Waals surface area contributed by atoms with Gasteiger partial charge in [-0.3, -0.25) is 9.80 Å². The van der Waals surface area contributed by atoms with Crippen LogP contribution in [0.3, 0.4) is 0 Å².